The molecular weight excluding hydrogens is 242 g/mol. The standard InChI is InChI=1S/C12H15N7/c1-2-4-8(13-5-3-1)11-17-18-12-9-10(15-6-14-9)16-7-19(11)12/h6-8,13H,1-5H2,(H,14,15). The molecule has 0 bridgehead atoms. The Hall–Kier alpha value is -2.02. The van der Waals surface area contributed by atoms with E-state index in [1.807, 2.05) is 4.40 Å². The summed E-state index contributed by atoms with van der Waals surface area (Å²) in [6.07, 6.45) is 8.24. The van der Waals surface area contributed by atoms with Crippen molar-refractivity contribution in [1.82, 2.24) is 34.9 Å². The fourth-order valence-corrected chi connectivity index (χ4v) is 2.74. The maximum absolute atomic E-state index is 4.35. The molecule has 1 saturated heterocycles. The van der Waals surface area contributed by atoms with Gasteiger partial charge in [-0.05, 0) is 19.4 Å². The van der Waals surface area contributed by atoms with Crippen LogP contribution in [0.5, 0.6) is 0 Å². The molecule has 1 aliphatic rings. The Morgan fingerprint density at radius 3 is 3.16 bits per heavy atom. The normalized spacial score (nSPS) is 20.9. The lowest BCUT2D eigenvalue weighted by Gasteiger charge is -2.13. The van der Waals surface area contributed by atoms with Gasteiger partial charge in [-0.2, -0.15) is 0 Å². The van der Waals surface area contributed by atoms with Crippen molar-refractivity contribution >= 4 is 16.8 Å². The van der Waals surface area contributed by atoms with Gasteiger partial charge in [-0.15, -0.1) is 10.2 Å². The Morgan fingerprint density at radius 2 is 2.16 bits per heavy atom. The van der Waals surface area contributed by atoms with Gasteiger partial charge in [0.1, 0.15) is 11.8 Å². The second kappa shape index (κ2) is 4.27. The first-order chi connectivity index (χ1) is 9.43. The van der Waals surface area contributed by atoms with Crippen molar-refractivity contribution in [3.05, 3.63) is 18.5 Å². The number of H-pyrrole nitrogens is 1. The van der Waals surface area contributed by atoms with Crippen LogP contribution in [0.15, 0.2) is 12.7 Å². The topological polar surface area (TPSA) is 83.8 Å². The number of rotatable bonds is 1. The van der Waals surface area contributed by atoms with Crippen LogP contribution in [0.1, 0.15) is 37.5 Å². The predicted molar refractivity (Wildman–Crippen MR) is 69.6 cm³/mol. The lowest BCUT2D eigenvalue weighted by atomic mass is 10.1. The van der Waals surface area contributed by atoms with Crippen LogP contribution in [0.4, 0.5) is 0 Å². The molecule has 0 aromatic carbocycles. The van der Waals surface area contributed by atoms with E-state index in [2.05, 4.69) is 30.5 Å². The summed E-state index contributed by atoms with van der Waals surface area (Å²) in [6, 6.07) is 0.264. The van der Waals surface area contributed by atoms with E-state index in [-0.39, 0.29) is 6.04 Å². The molecule has 1 unspecified atom stereocenters. The Labute approximate surface area is 109 Å². The molecule has 2 N–H and O–H groups in total. The van der Waals surface area contributed by atoms with Crippen LogP contribution < -0.4 is 5.32 Å². The number of imidazole rings is 1. The van der Waals surface area contributed by atoms with Crippen LogP contribution in [-0.4, -0.2) is 36.1 Å². The summed E-state index contributed by atoms with van der Waals surface area (Å²) < 4.78 is 1.96. The van der Waals surface area contributed by atoms with Crippen molar-refractivity contribution in [2.45, 2.75) is 31.7 Å². The van der Waals surface area contributed by atoms with Crippen LogP contribution in [-0.2, 0) is 0 Å². The number of nitrogens with zero attached hydrogens (tertiary/aromatic N) is 5. The smallest absolute Gasteiger partial charge is 0.189 e. The van der Waals surface area contributed by atoms with Gasteiger partial charge in [0.25, 0.3) is 0 Å². The monoisotopic (exact) mass is 257 g/mol. The minimum atomic E-state index is 0.264. The molecule has 1 fully saturated rings. The van der Waals surface area contributed by atoms with Crippen molar-refractivity contribution in [2.75, 3.05) is 6.54 Å². The zero-order chi connectivity index (χ0) is 12.7. The van der Waals surface area contributed by atoms with Gasteiger partial charge in [0.15, 0.2) is 17.1 Å². The first-order valence-electron chi connectivity index (χ1n) is 6.69. The summed E-state index contributed by atoms with van der Waals surface area (Å²) >= 11 is 0. The lowest BCUT2D eigenvalue weighted by molar-refractivity contribution is 0.503. The van der Waals surface area contributed by atoms with Crippen molar-refractivity contribution in [3.63, 3.8) is 0 Å². The molecule has 3 aromatic rings. The van der Waals surface area contributed by atoms with E-state index in [4.69, 9.17) is 0 Å². The summed E-state index contributed by atoms with van der Waals surface area (Å²) in [7, 11) is 0. The van der Waals surface area contributed by atoms with Gasteiger partial charge in [0, 0.05) is 0 Å². The van der Waals surface area contributed by atoms with Crippen molar-refractivity contribution < 1.29 is 0 Å². The van der Waals surface area contributed by atoms with Gasteiger partial charge in [-0.25, -0.2) is 9.97 Å². The highest BCUT2D eigenvalue weighted by Crippen LogP contribution is 2.23. The Kier molecular flexibility index (Phi) is 2.44. The fraction of sp³-hybridized carbons (Fsp3) is 0.500. The van der Waals surface area contributed by atoms with E-state index in [0.717, 1.165) is 30.0 Å². The molecule has 0 spiro atoms. The second-order valence-electron chi connectivity index (χ2n) is 4.95. The molecule has 3 aromatic heterocycles. The number of hydrogen-bond donors (Lipinski definition) is 2. The molecule has 1 atom stereocenters. The average molecular weight is 257 g/mol. The fourth-order valence-electron chi connectivity index (χ4n) is 2.74. The Morgan fingerprint density at radius 1 is 1.16 bits per heavy atom. The summed E-state index contributed by atoms with van der Waals surface area (Å²) in [5, 5.41) is 12.2. The quantitative estimate of drug-likeness (QED) is 0.684. The van der Waals surface area contributed by atoms with Gasteiger partial charge in [0.2, 0.25) is 0 Å². The highest BCUT2D eigenvalue weighted by Gasteiger charge is 2.20. The van der Waals surface area contributed by atoms with Crippen molar-refractivity contribution in [1.29, 1.82) is 0 Å². The van der Waals surface area contributed by atoms with E-state index in [0.29, 0.717) is 5.65 Å². The highest BCUT2D eigenvalue weighted by atomic mass is 15.3. The summed E-state index contributed by atoms with van der Waals surface area (Å²) in [6.45, 7) is 1.04. The third kappa shape index (κ3) is 1.69. The van der Waals surface area contributed by atoms with Gasteiger partial charge in [-0.3, -0.25) is 4.40 Å². The van der Waals surface area contributed by atoms with Crippen LogP contribution in [0.3, 0.4) is 0 Å². The molecule has 0 saturated carbocycles. The third-order valence-electron chi connectivity index (χ3n) is 3.73. The Balaban J connectivity index is 1.85. The molecular formula is C12H15N7. The average Bonchev–Trinajstić information content (AvgIpc) is 2.98. The van der Waals surface area contributed by atoms with Crippen LogP contribution in [0.25, 0.3) is 16.8 Å². The number of hydrogen-bond acceptors (Lipinski definition) is 5. The van der Waals surface area contributed by atoms with Gasteiger partial charge >= 0.3 is 0 Å². The number of aromatic amines is 1. The molecule has 7 heteroatoms. The van der Waals surface area contributed by atoms with Gasteiger partial charge in [0.05, 0.1) is 12.4 Å². The van der Waals surface area contributed by atoms with Crippen LogP contribution >= 0.6 is 0 Å². The molecule has 0 amide bonds. The maximum Gasteiger partial charge on any atom is 0.189 e. The molecule has 7 nitrogen and oxygen atoms in total. The number of nitrogens with one attached hydrogen (secondary N) is 2. The van der Waals surface area contributed by atoms with Crippen LogP contribution in [0.2, 0.25) is 0 Å². The number of fused-ring (bicyclic) bond motifs is 3. The minimum absolute atomic E-state index is 0.264. The second-order valence-corrected chi connectivity index (χ2v) is 4.95. The van der Waals surface area contributed by atoms with Gasteiger partial charge < -0.3 is 10.3 Å². The lowest BCUT2D eigenvalue weighted by Crippen LogP contribution is -2.22. The van der Waals surface area contributed by atoms with E-state index >= 15 is 0 Å². The molecule has 0 aliphatic carbocycles. The molecule has 4 heterocycles. The summed E-state index contributed by atoms with van der Waals surface area (Å²) in [4.78, 5) is 11.5. The van der Waals surface area contributed by atoms with Crippen LogP contribution in [0, 0.1) is 0 Å². The van der Waals surface area contributed by atoms with E-state index in [1.54, 1.807) is 12.7 Å². The van der Waals surface area contributed by atoms with Crippen molar-refractivity contribution in [2.24, 2.45) is 0 Å². The molecule has 4 rings (SSSR count). The van der Waals surface area contributed by atoms with Crippen molar-refractivity contribution in [3.8, 4) is 0 Å². The third-order valence-corrected chi connectivity index (χ3v) is 3.73. The summed E-state index contributed by atoms with van der Waals surface area (Å²) in [5.41, 5.74) is 2.32. The SMILES string of the molecule is c1nc2ncn3c(C4CCCCCN4)nnc3c2[nH]1. The highest BCUT2D eigenvalue weighted by molar-refractivity contribution is 5.84. The van der Waals surface area contributed by atoms with Gasteiger partial charge in [-0.1, -0.05) is 12.8 Å². The first kappa shape index (κ1) is 10.9. The molecule has 98 valence electrons. The zero-order valence-corrected chi connectivity index (χ0v) is 10.5. The minimum Gasteiger partial charge on any atom is -0.340 e. The molecule has 0 radical (unpaired) electrons. The summed E-state index contributed by atoms with van der Waals surface area (Å²) in [5.74, 6) is 0.945. The van der Waals surface area contributed by atoms with E-state index < -0.39 is 0 Å². The molecule has 1 aliphatic heterocycles. The molecule has 19 heavy (non-hydrogen) atoms. The Bertz CT molecular complexity index is 705. The largest absolute Gasteiger partial charge is 0.340 e. The van der Waals surface area contributed by atoms with E-state index in [1.165, 1.54) is 19.3 Å². The van der Waals surface area contributed by atoms with E-state index in [9.17, 15) is 0 Å². The number of aromatic nitrogens is 6. The zero-order valence-electron chi connectivity index (χ0n) is 10.5. The predicted octanol–water partition coefficient (Wildman–Crippen LogP) is 1.21. The maximum atomic E-state index is 4.35. The first-order valence-corrected chi connectivity index (χ1v) is 6.69.